The summed E-state index contributed by atoms with van der Waals surface area (Å²) in [6.45, 7) is 2.46. The van der Waals surface area contributed by atoms with Crippen molar-refractivity contribution in [3.05, 3.63) is 42.5 Å². The predicted octanol–water partition coefficient (Wildman–Crippen LogP) is 1.98. The Morgan fingerprint density at radius 1 is 1.15 bits per heavy atom. The third-order valence-corrected chi connectivity index (χ3v) is 5.30. The van der Waals surface area contributed by atoms with Crippen LogP contribution in [0.2, 0.25) is 0 Å². The van der Waals surface area contributed by atoms with Crippen LogP contribution in [0.1, 0.15) is 18.4 Å². The van der Waals surface area contributed by atoms with Crippen molar-refractivity contribution in [2.75, 3.05) is 41.4 Å². The molecule has 1 fully saturated rings. The van der Waals surface area contributed by atoms with Crippen molar-refractivity contribution in [3.8, 4) is 11.5 Å². The second-order valence-electron chi connectivity index (χ2n) is 7.20. The molecule has 0 atom stereocenters. The van der Waals surface area contributed by atoms with Crippen LogP contribution in [0.5, 0.6) is 11.5 Å². The number of carbonyl (C=O) groups excluding carboxylic acids is 1. The first kappa shape index (κ1) is 19.2. The van der Waals surface area contributed by atoms with Crippen LogP contribution >= 0.6 is 0 Å². The molecule has 3 rings (SSSR count). The highest BCUT2D eigenvalue weighted by Gasteiger charge is 2.43. The van der Waals surface area contributed by atoms with E-state index >= 15 is 0 Å². The first-order valence-electron chi connectivity index (χ1n) is 9.13. The van der Waals surface area contributed by atoms with Gasteiger partial charge in [0, 0.05) is 52.2 Å². The summed E-state index contributed by atoms with van der Waals surface area (Å²) in [6.07, 6.45) is 6.89. The van der Waals surface area contributed by atoms with E-state index in [1.165, 1.54) is 0 Å². The number of likely N-dealkylation sites (tertiary alicyclic amines) is 1. The summed E-state index contributed by atoms with van der Waals surface area (Å²) < 4.78 is 12.7. The van der Waals surface area contributed by atoms with Crippen molar-refractivity contribution in [2.45, 2.75) is 24.9 Å². The van der Waals surface area contributed by atoms with Crippen LogP contribution in [0.3, 0.4) is 0 Å². The average molecular weight is 372 g/mol. The fourth-order valence-electron chi connectivity index (χ4n) is 3.81. The molecule has 7 heteroatoms. The van der Waals surface area contributed by atoms with Crippen LogP contribution in [-0.2, 0) is 16.9 Å². The number of hydrogen-bond donors (Lipinski definition) is 0. The van der Waals surface area contributed by atoms with Gasteiger partial charge in [0.1, 0.15) is 17.0 Å². The van der Waals surface area contributed by atoms with E-state index in [1.54, 1.807) is 31.6 Å². The number of aromatic nitrogens is 2. The number of amides is 1. The highest BCUT2D eigenvalue weighted by atomic mass is 16.5. The Bertz CT molecular complexity index is 743. The molecule has 0 N–H and O–H groups in total. The molecule has 0 radical (unpaired) electrons. The Kier molecular flexibility index (Phi) is 5.70. The second-order valence-corrected chi connectivity index (χ2v) is 7.20. The van der Waals surface area contributed by atoms with E-state index in [9.17, 15) is 4.79 Å². The van der Waals surface area contributed by atoms with Crippen LogP contribution in [0, 0.1) is 0 Å². The summed E-state index contributed by atoms with van der Waals surface area (Å²) in [5.41, 5.74) is 0.586. The van der Waals surface area contributed by atoms with E-state index in [0.717, 1.165) is 49.5 Å². The molecule has 0 saturated carbocycles. The Hall–Kier alpha value is -2.54. The van der Waals surface area contributed by atoms with Crippen molar-refractivity contribution in [3.63, 3.8) is 0 Å². The minimum absolute atomic E-state index is 0.128. The van der Waals surface area contributed by atoms with Gasteiger partial charge in [0.2, 0.25) is 5.91 Å². The van der Waals surface area contributed by atoms with Gasteiger partial charge in [0.05, 0.1) is 20.5 Å². The molecule has 0 aliphatic carbocycles. The Morgan fingerprint density at radius 2 is 1.78 bits per heavy atom. The Balaban J connectivity index is 1.75. The molecule has 146 valence electrons. The maximum atomic E-state index is 13.0. The molecular formula is C20H28N4O3. The Labute approximate surface area is 160 Å². The van der Waals surface area contributed by atoms with Crippen molar-refractivity contribution >= 4 is 5.91 Å². The minimum Gasteiger partial charge on any atom is -0.497 e. The maximum absolute atomic E-state index is 13.0. The number of ether oxygens (including phenoxy) is 2. The fourth-order valence-corrected chi connectivity index (χ4v) is 3.81. The smallest absolute Gasteiger partial charge is 0.248 e. The quantitative estimate of drug-likeness (QED) is 0.776. The van der Waals surface area contributed by atoms with Crippen molar-refractivity contribution in [1.82, 2.24) is 19.4 Å². The van der Waals surface area contributed by atoms with E-state index in [2.05, 4.69) is 9.88 Å². The molecule has 1 aromatic carbocycles. The highest BCUT2D eigenvalue weighted by Crippen LogP contribution is 2.33. The summed E-state index contributed by atoms with van der Waals surface area (Å²) in [6, 6.07) is 5.94. The molecule has 0 spiro atoms. The molecule has 1 aliphatic heterocycles. The van der Waals surface area contributed by atoms with Gasteiger partial charge < -0.3 is 18.9 Å². The zero-order valence-corrected chi connectivity index (χ0v) is 16.5. The van der Waals surface area contributed by atoms with Crippen LogP contribution in [-0.4, -0.2) is 66.7 Å². The van der Waals surface area contributed by atoms with E-state index in [4.69, 9.17) is 9.47 Å². The van der Waals surface area contributed by atoms with Gasteiger partial charge in [0.15, 0.2) is 0 Å². The van der Waals surface area contributed by atoms with Crippen molar-refractivity contribution < 1.29 is 14.3 Å². The lowest BCUT2D eigenvalue weighted by Crippen LogP contribution is -2.54. The van der Waals surface area contributed by atoms with Gasteiger partial charge in [-0.15, -0.1) is 0 Å². The van der Waals surface area contributed by atoms with E-state index in [1.807, 2.05) is 43.1 Å². The number of hydrogen-bond acceptors (Lipinski definition) is 5. The zero-order valence-electron chi connectivity index (χ0n) is 16.5. The number of carbonyl (C=O) groups is 1. The normalized spacial score (nSPS) is 16.7. The SMILES string of the molecule is COc1cc(CN2CCC(C(=O)N(C)C)(n3ccnc3)CC2)cc(OC)c1. The first-order chi connectivity index (χ1) is 13.0. The minimum atomic E-state index is -0.553. The third-order valence-electron chi connectivity index (χ3n) is 5.30. The van der Waals surface area contributed by atoms with Gasteiger partial charge in [0.25, 0.3) is 0 Å². The number of benzene rings is 1. The average Bonchev–Trinajstić information content (AvgIpc) is 3.23. The number of nitrogens with zero attached hydrogens (tertiary/aromatic N) is 4. The molecule has 7 nitrogen and oxygen atoms in total. The van der Waals surface area contributed by atoms with Crippen LogP contribution in [0.4, 0.5) is 0 Å². The van der Waals surface area contributed by atoms with Gasteiger partial charge in [-0.05, 0) is 30.5 Å². The summed E-state index contributed by atoms with van der Waals surface area (Å²) in [4.78, 5) is 21.2. The molecule has 0 unspecified atom stereocenters. The third kappa shape index (κ3) is 3.93. The summed E-state index contributed by atoms with van der Waals surface area (Å²) in [5, 5.41) is 0. The molecule has 2 aromatic rings. The predicted molar refractivity (Wildman–Crippen MR) is 103 cm³/mol. The summed E-state index contributed by atoms with van der Waals surface area (Å²) >= 11 is 0. The van der Waals surface area contributed by atoms with Crippen LogP contribution < -0.4 is 9.47 Å². The fraction of sp³-hybridized carbons (Fsp3) is 0.500. The summed E-state index contributed by atoms with van der Waals surface area (Å²) in [5.74, 6) is 1.71. The molecule has 27 heavy (non-hydrogen) atoms. The largest absolute Gasteiger partial charge is 0.497 e. The second kappa shape index (κ2) is 8.00. The molecule has 2 heterocycles. The van der Waals surface area contributed by atoms with E-state index < -0.39 is 5.54 Å². The van der Waals surface area contributed by atoms with Crippen LogP contribution in [0.15, 0.2) is 36.9 Å². The summed E-state index contributed by atoms with van der Waals surface area (Å²) in [7, 11) is 6.95. The highest BCUT2D eigenvalue weighted by molar-refractivity contribution is 5.84. The number of piperidine rings is 1. The van der Waals surface area contributed by atoms with Gasteiger partial charge in [-0.2, -0.15) is 0 Å². The first-order valence-corrected chi connectivity index (χ1v) is 9.13. The maximum Gasteiger partial charge on any atom is 0.248 e. The molecule has 1 aromatic heterocycles. The lowest BCUT2D eigenvalue weighted by atomic mass is 9.85. The van der Waals surface area contributed by atoms with Gasteiger partial charge in [-0.3, -0.25) is 9.69 Å². The Morgan fingerprint density at radius 3 is 2.26 bits per heavy atom. The van der Waals surface area contributed by atoms with E-state index in [-0.39, 0.29) is 5.91 Å². The monoisotopic (exact) mass is 372 g/mol. The lowest BCUT2D eigenvalue weighted by molar-refractivity contribution is -0.141. The molecule has 1 saturated heterocycles. The van der Waals surface area contributed by atoms with Gasteiger partial charge in [-0.25, -0.2) is 4.98 Å². The van der Waals surface area contributed by atoms with Crippen molar-refractivity contribution in [1.29, 1.82) is 0 Å². The molecule has 1 amide bonds. The number of rotatable bonds is 6. The van der Waals surface area contributed by atoms with Crippen LogP contribution in [0.25, 0.3) is 0 Å². The number of methoxy groups -OCH3 is 2. The van der Waals surface area contributed by atoms with Crippen molar-refractivity contribution in [2.24, 2.45) is 0 Å². The molecule has 1 aliphatic rings. The lowest BCUT2D eigenvalue weighted by Gasteiger charge is -2.42. The molecule has 0 bridgehead atoms. The van der Waals surface area contributed by atoms with E-state index in [0.29, 0.717) is 0 Å². The standard InChI is InChI=1S/C20H28N4O3/c1-22(2)19(25)20(24-10-7-21-15-24)5-8-23(9-6-20)14-16-11-17(26-3)13-18(12-16)27-4/h7,10-13,15H,5-6,8-9,14H2,1-4H3. The zero-order chi connectivity index (χ0) is 19.4. The topological polar surface area (TPSA) is 59.8 Å². The number of likely N-dealkylation sites (N-methyl/N-ethyl adjacent to an activating group) is 1. The van der Waals surface area contributed by atoms with Gasteiger partial charge in [-0.1, -0.05) is 0 Å². The van der Waals surface area contributed by atoms with Gasteiger partial charge >= 0.3 is 0 Å². The number of imidazole rings is 1. The molecular weight excluding hydrogens is 344 g/mol.